The summed E-state index contributed by atoms with van der Waals surface area (Å²) < 4.78 is 16.9. The summed E-state index contributed by atoms with van der Waals surface area (Å²) in [5.41, 5.74) is 3.00. The molecule has 1 saturated heterocycles. The van der Waals surface area contributed by atoms with Crippen molar-refractivity contribution in [1.29, 1.82) is 0 Å². The Hall–Kier alpha value is -2.38. The Morgan fingerprint density at radius 1 is 1.26 bits per heavy atom. The highest BCUT2D eigenvalue weighted by molar-refractivity contribution is 5.79. The molecule has 146 valence electrons. The fourth-order valence-corrected chi connectivity index (χ4v) is 2.87. The third kappa shape index (κ3) is 5.55. The van der Waals surface area contributed by atoms with Gasteiger partial charge in [-0.2, -0.15) is 0 Å². The summed E-state index contributed by atoms with van der Waals surface area (Å²) in [5.74, 6) is 2.41. The number of nitrogens with one attached hydrogen (secondary N) is 1. The Kier molecular flexibility index (Phi) is 6.84. The quantitative estimate of drug-likeness (QED) is 0.566. The fourth-order valence-electron chi connectivity index (χ4n) is 2.87. The van der Waals surface area contributed by atoms with Gasteiger partial charge in [0.15, 0.2) is 0 Å². The molecule has 3 rings (SSSR count). The molecule has 1 aliphatic heterocycles. The molecule has 2 aromatic rings. The lowest BCUT2D eigenvalue weighted by Crippen LogP contribution is -2.36. The van der Waals surface area contributed by atoms with E-state index in [4.69, 9.17) is 13.9 Å². The van der Waals surface area contributed by atoms with Crippen LogP contribution in [0.3, 0.4) is 0 Å². The minimum atomic E-state index is 0.494. The number of pyridine rings is 1. The van der Waals surface area contributed by atoms with Gasteiger partial charge in [-0.1, -0.05) is 0 Å². The zero-order chi connectivity index (χ0) is 19.1. The van der Waals surface area contributed by atoms with E-state index in [-0.39, 0.29) is 0 Å². The van der Waals surface area contributed by atoms with Crippen molar-refractivity contribution in [2.75, 3.05) is 51.4 Å². The maximum Gasteiger partial charge on any atom is 0.215 e. The van der Waals surface area contributed by atoms with Crippen LogP contribution in [0.1, 0.15) is 22.8 Å². The predicted octanol–water partition coefficient (Wildman–Crippen LogP) is 2.35. The van der Waals surface area contributed by atoms with Gasteiger partial charge in [-0.25, -0.2) is 4.98 Å². The number of anilines is 1. The summed E-state index contributed by atoms with van der Waals surface area (Å²) in [6.45, 7) is 9.02. The molecule has 3 heterocycles. The maximum absolute atomic E-state index is 5.79. The Labute approximate surface area is 160 Å². The van der Waals surface area contributed by atoms with E-state index in [0.29, 0.717) is 19.0 Å². The van der Waals surface area contributed by atoms with E-state index in [9.17, 15) is 0 Å². The van der Waals surface area contributed by atoms with E-state index in [2.05, 4.69) is 20.2 Å². The van der Waals surface area contributed by atoms with Crippen molar-refractivity contribution in [3.63, 3.8) is 0 Å². The van der Waals surface area contributed by atoms with Gasteiger partial charge in [0.1, 0.15) is 18.1 Å². The average molecular weight is 372 g/mol. The van der Waals surface area contributed by atoms with E-state index in [0.717, 1.165) is 61.3 Å². The summed E-state index contributed by atoms with van der Waals surface area (Å²) in [5, 5.41) is 3.07. The van der Waals surface area contributed by atoms with Gasteiger partial charge in [-0.15, -0.1) is 0 Å². The van der Waals surface area contributed by atoms with Crippen molar-refractivity contribution < 1.29 is 13.9 Å². The van der Waals surface area contributed by atoms with Crippen LogP contribution < -0.4 is 15.0 Å². The fraction of sp³-hybridized carbons (Fsp3) is 0.500. The van der Waals surface area contributed by atoms with Crippen LogP contribution in [-0.4, -0.2) is 57.7 Å². The first kappa shape index (κ1) is 19.4. The smallest absolute Gasteiger partial charge is 0.215 e. The van der Waals surface area contributed by atoms with Crippen LogP contribution in [0.2, 0.25) is 0 Å². The van der Waals surface area contributed by atoms with Crippen LogP contribution in [0.25, 0.3) is 0 Å². The SMILES string of the molecule is CNCCOc1cc(N2CCOCC2)cc(C=NCc2cc(C)c(C)o2)n1. The Bertz CT molecular complexity index is 747. The largest absolute Gasteiger partial charge is 0.476 e. The van der Waals surface area contributed by atoms with Gasteiger partial charge < -0.3 is 24.1 Å². The highest BCUT2D eigenvalue weighted by Crippen LogP contribution is 2.22. The van der Waals surface area contributed by atoms with Crippen LogP contribution >= 0.6 is 0 Å². The molecular formula is C20H28N4O3. The van der Waals surface area contributed by atoms with Gasteiger partial charge in [-0.3, -0.25) is 4.99 Å². The number of aromatic nitrogens is 1. The maximum atomic E-state index is 5.79. The molecule has 7 nitrogen and oxygen atoms in total. The lowest BCUT2D eigenvalue weighted by molar-refractivity contribution is 0.122. The van der Waals surface area contributed by atoms with Crippen LogP contribution in [0.4, 0.5) is 5.69 Å². The molecule has 0 bridgehead atoms. The zero-order valence-electron chi connectivity index (χ0n) is 16.3. The number of rotatable bonds is 8. The van der Waals surface area contributed by atoms with E-state index >= 15 is 0 Å². The minimum absolute atomic E-state index is 0.494. The minimum Gasteiger partial charge on any atom is -0.476 e. The normalized spacial score (nSPS) is 14.9. The molecule has 0 unspecified atom stereocenters. The summed E-state index contributed by atoms with van der Waals surface area (Å²) in [6.07, 6.45) is 1.78. The Morgan fingerprint density at radius 3 is 2.78 bits per heavy atom. The second kappa shape index (κ2) is 9.53. The van der Waals surface area contributed by atoms with Gasteiger partial charge in [-0.05, 0) is 38.6 Å². The van der Waals surface area contributed by atoms with Gasteiger partial charge in [0.2, 0.25) is 5.88 Å². The van der Waals surface area contributed by atoms with E-state index < -0.39 is 0 Å². The number of nitrogens with zero attached hydrogens (tertiary/aromatic N) is 3. The number of hydrogen-bond donors (Lipinski definition) is 1. The lowest BCUT2D eigenvalue weighted by Gasteiger charge is -2.29. The number of aliphatic imine (C=N–C) groups is 1. The van der Waals surface area contributed by atoms with E-state index in [1.807, 2.05) is 39.1 Å². The molecular weight excluding hydrogens is 344 g/mol. The van der Waals surface area contributed by atoms with Gasteiger partial charge in [0, 0.05) is 37.6 Å². The Morgan fingerprint density at radius 2 is 2.07 bits per heavy atom. The monoisotopic (exact) mass is 372 g/mol. The average Bonchev–Trinajstić information content (AvgIpc) is 3.00. The van der Waals surface area contributed by atoms with Gasteiger partial charge in [0.05, 0.1) is 25.5 Å². The summed E-state index contributed by atoms with van der Waals surface area (Å²) in [7, 11) is 1.90. The second-order valence-electron chi connectivity index (χ2n) is 6.56. The molecule has 2 aromatic heterocycles. The highest BCUT2D eigenvalue weighted by atomic mass is 16.5. The first-order valence-corrected chi connectivity index (χ1v) is 9.33. The van der Waals surface area contributed by atoms with Gasteiger partial charge >= 0.3 is 0 Å². The molecule has 0 saturated carbocycles. The topological polar surface area (TPSA) is 72.1 Å². The summed E-state index contributed by atoms with van der Waals surface area (Å²) in [6, 6.07) is 6.05. The Balaban J connectivity index is 1.74. The van der Waals surface area contributed by atoms with Crippen molar-refractivity contribution in [3.8, 4) is 5.88 Å². The van der Waals surface area contributed by atoms with Crippen molar-refractivity contribution >= 4 is 11.9 Å². The highest BCUT2D eigenvalue weighted by Gasteiger charge is 2.14. The molecule has 0 aliphatic carbocycles. The first-order valence-electron chi connectivity index (χ1n) is 9.33. The number of hydrogen-bond acceptors (Lipinski definition) is 7. The molecule has 0 spiro atoms. The van der Waals surface area contributed by atoms with Crippen LogP contribution in [0, 0.1) is 13.8 Å². The van der Waals surface area contributed by atoms with E-state index in [1.165, 1.54) is 0 Å². The number of morpholine rings is 1. The lowest BCUT2D eigenvalue weighted by atomic mass is 10.2. The van der Waals surface area contributed by atoms with E-state index in [1.54, 1.807) is 6.21 Å². The van der Waals surface area contributed by atoms with Gasteiger partial charge in [0.25, 0.3) is 0 Å². The molecule has 1 N–H and O–H groups in total. The number of aryl methyl sites for hydroxylation is 2. The summed E-state index contributed by atoms with van der Waals surface area (Å²) in [4.78, 5) is 11.3. The van der Waals surface area contributed by atoms with Crippen LogP contribution in [-0.2, 0) is 11.3 Å². The van der Waals surface area contributed by atoms with Crippen molar-refractivity contribution in [2.45, 2.75) is 20.4 Å². The molecule has 1 fully saturated rings. The van der Waals surface area contributed by atoms with Crippen LogP contribution in [0.15, 0.2) is 27.6 Å². The molecule has 0 amide bonds. The second-order valence-corrected chi connectivity index (χ2v) is 6.56. The number of likely N-dealkylation sites (N-methyl/N-ethyl adjacent to an activating group) is 1. The molecule has 7 heteroatoms. The first-order chi connectivity index (χ1) is 13.2. The van der Waals surface area contributed by atoms with Crippen molar-refractivity contribution in [3.05, 3.63) is 41.0 Å². The third-order valence-corrected chi connectivity index (χ3v) is 4.47. The molecule has 1 aliphatic rings. The number of furan rings is 1. The van der Waals surface area contributed by atoms with Crippen LogP contribution in [0.5, 0.6) is 5.88 Å². The zero-order valence-corrected chi connectivity index (χ0v) is 16.3. The molecule has 27 heavy (non-hydrogen) atoms. The standard InChI is InChI=1S/C20H28N4O3/c1-15-10-19(27-16(15)2)14-22-13-17-11-18(24-5-8-25-9-6-24)12-20(23-17)26-7-4-21-3/h10-13,21H,4-9,14H2,1-3H3. The van der Waals surface area contributed by atoms with Crippen molar-refractivity contribution in [1.82, 2.24) is 10.3 Å². The molecule has 0 radical (unpaired) electrons. The predicted molar refractivity (Wildman–Crippen MR) is 106 cm³/mol. The summed E-state index contributed by atoms with van der Waals surface area (Å²) >= 11 is 0. The van der Waals surface area contributed by atoms with Crippen molar-refractivity contribution in [2.24, 2.45) is 4.99 Å². The molecule has 0 atom stereocenters. The number of ether oxygens (including phenoxy) is 2. The third-order valence-electron chi connectivity index (χ3n) is 4.47. The molecule has 0 aromatic carbocycles.